The maximum Gasteiger partial charge on any atom is 0.417 e. The number of hydrogen-bond acceptors (Lipinski definition) is 4. The molecule has 0 aliphatic carbocycles. The molecule has 1 aliphatic rings. The predicted molar refractivity (Wildman–Crippen MR) is 89.0 cm³/mol. The summed E-state index contributed by atoms with van der Waals surface area (Å²) in [5, 5.41) is 8.54. The van der Waals surface area contributed by atoms with Crippen molar-refractivity contribution < 1.29 is 18.0 Å². The van der Waals surface area contributed by atoms with Gasteiger partial charge in [-0.05, 0) is 38.7 Å². The van der Waals surface area contributed by atoms with Crippen molar-refractivity contribution in [3.8, 4) is 6.07 Å². The van der Waals surface area contributed by atoms with E-state index < -0.39 is 22.6 Å². The molecule has 0 bridgehead atoms. The number of likely N-dealkylation sites (tertiary alicyclic amines) is 1. The van der Waals surface area contributed by atoms with E-state index in [1.165, 1.54) is 6.92 Å². The van der Waals surface area contributed by atoms with Gasteiger partial charge in [-0.25, -0.2) is 4.98 Å². The quantitative estimate of drug-likeness (QED) is 0.753. The number of pyridine rings is 1. The average Bonchev–Trinajstić information content (AvgIpc) is 2.53. The van der Waals surface area contributed by atoms with Gasteiger partial charge in [-0.1, -0.05) is 18.7 Å². The minimum absolute atomic E-state index is 0.0407. The summed E-state index contributed by atoms with van der Waals surface area (Å²) < 4.78 is 39.5. The average molecular weight is 371 g/mol. The van der Waals surface area contributed by atoms with Crippen molar-refractivity contribution >= 4 is 17.7 Å². The molecule has 2 heterocycles. The molecule has 1 atom stereocenters. The van der Waals surface area contributed by atoms with E-state index in [0.29, 0.717) is 19.0 Å². The molecule has 8 heteroatoms. The van der Waals surface area contributed by atoms with Gasteiger partial charge < -0.3 is 4.90 Å². The first-order valence-electron chi connectivity index (χ1n) is 8.08. The van der Waals surface area contributed by atoms with E-state index in [-0.39, 0.29) is 16.6 Å². The maximum atomic E-state index is 13.2. The number of aryl methyl sites for hydroxylation is 1. The number of aromatic nitrogens is 1. The van der Waals surface area contributed by atoms with Crippen LogP contribution in [0.1, 0.15) is 43.5 Å². The van der Waals surface area contributed by atoms with Crippen molar-refractivity contribution in [2.24, 2.45) is 5.92 Å². The Morgan fingerprint density at radius 3 is 2.56 bits per heavy atom. The lowest BCUT2D eigenvalue weighted by Gasteiger charge is -2.32. The molecule has 0 N–H and O–H groups in total. The summed E-state index contributed by atoms with van der Waals surface area (Å²) >= 11 is 0.917. The number of thioether (sulfide) groups is 1. The van der Waals surface area contributed by atoms with E-state index in [1.54, 1.807) is 17.9 Å². The zero-order valence-electron chi connectivity index (χ0n) is 14.4. The highest BCUT2D eigenvalue weighted by Gasteiger charge is 2.36. The van der Waals surface area contributed by atoms with E-state index >= 15 is 0 Å². The first-order valence-corrected chi connectivity index (χ1v) is 8.95. The second kappa shape index (κ2) is 7.65. The van der Waals surface area contributed by atoms with Gasteiger partial charge in [-0.2, -0.15) is 18.4 Å². The van der Waals surface area contributed by atoms with Gasteiger partial charge in [-0.3, -0.25) is 4.79 Å². The first kappa shape index (κ1) is 19.6. The standard InChI is InChI=1S/C17H20F3N3OS/c1-10-4-6-23(7-5-10)16(24)12(3)25-15-13(9-21)14(17(18,19)20)8-11(2)22-15/h8,10,12H,4-7H2,1-3H3. The fourth-order valence-corrected chi connectivity index (χ4v) is 3.82. The summed E-state index contributed by atoms with van der Waals surface area (Å²) in [5.74, 6) is 0.447. The predicted octanol–water partition coefficient (Wildman–Crippen LogP) is 4.02. The Labute approximate surface area is 149 Å². The molecule has 0 saturated carbocycles. The van der Waals surface area contributed by atoms with Crippen molar-refractivity contribution in [1.82, 2.24) is 9.88 Å². The molecule has 1 amide bonds. The molecule has 25 heavy (non-hydrogen) atoms. The zero-order valence-corrected chi connectivity index (χ0v) is 15.2. The van der Waals surface area contributed by atoms with Crippen molar-refractivity contribution in [3.63, 3.8) is 0 Å². The summed E-state index contributed by atoms with van der Waals surface area (Å²) in [7, 11) is 0. The van der Waals surface area contributed by atoms with Crippen LogP contribution in [-0.2, 0) is 11.0 Å². The lowest BCUT2D eigenvalue weighted by Crippen LogP contribution is -2.41. The van der Waals surface area contributed by atoms with Gasteiger partial charge in [0.15, 0.2) is 0 Å². The number of nitrogens with zero attached hydrogens (tertiary/aromatic N) is 3. The fraction of sp³-hybridized carbons (Fsp3) is 0.588. The van der Waals surface area contributed by atoms with E-state index in [1.807, 2.05) is 0 Å². The second-order valence-corrected chi connectivity index (χ2v) is 7.70. The lowest BCUT2D eigenvalue weighted by molar-refractivity contribution is -0.138. The van der Waals surface area contributed by atoms with E-state index in [9.17, 15) is 23.2 Å². The molecule has 1 aliphatic heterocycles. The van der Waals surface area contributed by atoms with Crippen molar-refractivity contribution in [1.29, 1.82) is 5.26 Å². The molecule has 0 spiro atoms. The molecular formula is C17H20F3N3OS. The van der Waals surface area contributed by atoms with E-state index in [0.717, 1.165) is 30.7 Å². The number of amides is 1. The molecule has 1 aromatic heterocycles. The largest absolute Gasteiger partial charge is 0.417 e. The van der Waals surface area contributed by atoms with Crippen LogP contribution in [0.5, 0.6) is 0 Å². The molecule has 0 aromatic carbocycles. The number of alkyl halides is 3. The van der Waals surface area contributed by atoms with Crippen LogP contribution in [0.15, 0.2) is 11.1 Å². The Balaban J connectivity index is 2.23. The van der Waals surface area contributed by atoms with Crippen molar-refractivity contribution in [3.05, 3.63) is 22.9 Å². The van der Waals surface area contributed by atoms with Crippen LogP contribution in [0.2, 0.25) is 0 Å². The minimum atomic E-state index is -4.63. The molecule has 1 unspecified atom stereocenters. The summed E-state index contributed by atoms with van der Waals surface area (Å²) in [6, 6.07) is 2.46. The highest BCUT2D eigenvalue weighted by Crippen LogP contribution is 2.37. The monoisotopic (exact) mass is 371 g/mol. The molecule has 2 rings (SSSR count). The van der Waals surface area contributed by atoms with Crippen molar-refractivity contribution in [2.75, 3.05) is 13.1 Å². The first-order chi connectivity index (χ1) is 11.6. The molecule has 1 saturated heterocycles. The Morgan fingerprint density at radius 1 is 1.44 bits per heavy atom. The summed E-state index contributed by atoms with van der Waals surface area (Å²) in [5.41, 5.74) is -1.35. The molecule has 0 radical (unpaired) electrons. The summed E-state index contributed by atoms with van der Waals surface area (Å²) in [4.78, 5) is 18.4. The van der Waals surface area contributed by atoms with Crippen LogP contribution < -0.4 is 0 Å². The molecular weight excluding hydrogens is 351 g/mol. The second-order valence-electron chi connectivity index (χ2n) is 6.37. The summed E-state index contributed by atoms with van der Waals surface area (Å²) in [6.45, 7) is 6.53. The van der Waals surface area contributed by atoms with Crippen LogP contribution in [0.25, 0.3) is 0 Å². The van der Waals surface area contributed by atoms with Gasteiger partial charge in [0.25, 0.3) is 0 Å². The number of carbonyl (C=O) groups excluding carboxylic acids is 1. The van der Waals surface area contributed by atoms with Gasteiger partial charge >= 0.3 is 6.18 Å². The normalized spacial score (nSPS) is 17.2. The smallest absolute Gasteiger partial charge is 0.342 e. The van der Waals surface area contributed by atoms with Gasteiger partial charge in [0.2, 0.25) is 5.91 Å². The SMILES string of the molecule is Cc1cc(C(F)(F)F)c(C#N)c(SC(C)C(=O)N2CCC(C)CC2)n1. The van der Waals surface area contributed by atoms with Gasteiger partial charge in [0.1, 0.15) is 11.1 Å². The topological polar surface area (TPSA) is 57.0 Å². The number of nitriles is 1. The minimum Gasteiger partial charge on any atom is -0.342 e. The number of hydrogen-bond donors (Lipinski definition) is 0. The summed E-state index contributed by atoms with van der Waals surface area (Å²) in [6.07, 6.45) is -2.79. The van der Waals surface area contributed by atoms with Crippen LogP contribution in [0.4, 0.5) is 13.2 Å². The Bertz CT molecular complexity index is 692. The number of rotatable bonds is 3. The Hall–Kier alpha value is -1.75. The van der Waals surface area contributed by atoms with Gasteiger partial charge in [0, 0.05) is 18.8 Å². The lowest BCUT2D eigenvalue weighted by atomic mass is 9.99. The van der Waals surface area contributed by atoms with E-state index in [4.69, 9.17) is 0 Å². The third kappa shape index (κ3) is 4.66. The highest BCUT2D eigenvalue weighted by atomic mass is 32.2. The number of halogens is 3. The Kier molecular flexibility index (Phi) is 5.99. The van der Waals surface area contributed by atoms with E-state index in [2.05, 4.69) is 11.9 Å². The molecule has 1 fully saturated rings. The maximum absolute atomic E-state index is 13.2. The fourth-order valence-electron chi connectivity index (χ4n) is 2.77. The molecule has 4 nitrogen and oxygen atoms in total. The third-order valence-electron chi connectivity index (χ3n) is 4.26. The van der Waals surface area contributed by atoms with Gasteiger partial charge in [0.05, 0.1) is 16.4 Å². The van der Waals surface area contributed by atoms with Crippen LogP contribution in [-0.4, -0.2) is 34.1 Å². The number of piperidine rings is 1. The number of carbonyl (C=O) groups is 1. The Morgan fingerprint density at radius 2 is 2.04 bits per heavy atom. The molecule has 136 valence electrons. The van der Waals surface area contributed by atoms with Crippen LogP contribution in [0, 0.1) is 24.2 Å². The van der Waals surface area contributed by atoms with Crippen LogP contribution >= 0.6 is 11.8 Å². The van der Waals surface area contributed by atoms with Gasteiger partial charge in [-0.15, -0.1) is 0 Å². The zero-order chi connectivity index (χ0) is 18.8. The molecule has 1 aromatic rings. The third-order valence-corrected chi connectivity index (χ3v) is 5.34. The van der Waals surface area contributed by atoms with Crippen molar-refractivity contribution in [2.45, 2.75) is 50.1 Å². The van der Waals surface area contributed by atoms with Crippen LogP contribution in [0.3, 0.4) is 0 Å². The highest BCUT2D eigenvalue weighted by molar-refractivity contribution is 8.00.